The second-order valence-corrected chi connectivity index (χ2v) is 9.30. The minimum absolute atomic E-state index is 0. The van der Waals surface area contributed by atoms with Gasteiger partial charge in [0.25, 0.3) is 0 Å². The van der Waals surface area contributed by atoms with E-state index in [0.29, 0.717) is 8.19 Å². The Morgan fingerprint density at radius 1 is 0.378 bits per heavy atom. The summed E-state index contributed by atoms with van der Waals surface area (Å²) in [5, 5.41) is 2.85. The Bertz CT molecular complexity index is 1300. The number of hydrogen-bond acceptors (Lipinski definition) is 0. The topological polar surface area (TPSA) is 0 Å². The van der Waals surface area contributed by atoms with Gasteiger partial charge in [-0.2, -0.15) is 18.2 Å². The number of rotatable bonds is 4. The third-order valence-electron chi connectivity index (χ3n) is 5.81. The molecule has 5 aromatic carbocycles. The van der Waals surface area contributed by atoms with Crippen LogP contribution in [0, 0.1) is 0 Å². The maximum absolute atomic E-state index is 2.24. The summed E-state index contributed by atoms with van der Waals surface area (Å²) in [6, 6.07) is 53.4. The Hall–Kier alpha value is -2.53. The molecule has 4 heteroatoms. The Morgan fingerprint density at radius 3 is 0.946 bits per heavy atom. The molecule has 0 fully saturated rings. The van der Waals surface area contributed by atoms with Crippen LogP contribution >= 0.6 is 8.19 Å². The van der Waals surface area contributed by atoms with Crippen molar-refractivity contribution in [2.24, 2.45) is 0 Å². The van der Waals surface area contributed by atoms with Crippen LogP contribution in [0.1, 0.15) is 0 Å². The average molecular weight is 616 g/mol. The van der Waals surface area contributed by atoms with Crippen LogP contribution in [-0.4, -0.2) is 0 Å². The first-order chi connectivity index (χ1) is 16.9. The van der Waals surface area contributed by atoms with Crippen molar-refractivity contribution in [3.63, 3.8) is 0 Å². The molecule has 1 heterocycles. The Kier molecular flexibility index (Phi) is 13.0. The van der Waals surface area contributed by atoms with Crippen LogP contribution in [-0.2, 0) is 26.2 Å². The van der Waals surface area contributed by atoms with Crippen LogP contribution in [0.3, 0.4) is 0 Å². The van der Waals surface area contributed by atoms with E-state index in [1.54, 1.807) is 0 Å². The van der Waals surface area contributed by atoms with E-state index >= 15 is 0 Å². The summed E-state index contributed by atoms with van der Waals surface area (Å²) < 4.78 is 0. The fourth-order valence-electron chi connectivity index (χ4n) is 4.25. The van der Waals surface area contributed by atoms with E-state index in [0.717, 1.165) is 0 Å². The summed E-state index contributed by atoms with van der Waals surface area (Å²) >= 11 is 0. The van der Waals surface area contributed by atoms with Gasteiger partial charge in [-0.3, -0.25) is 0 Å². The van der Waals surface area contributed by atoms with E-state index in [1.165, 1.54) is 44.0 Å². The molecule has 0 aliphatic rings. The first-order valence-corrected chi connectivity index (χ1v) is 12.6. The predicted octanol–water partition coefficient (Wildman–Crippen LogP) is 3.80. The van der Waals surface area contributed by atoms with Gasteiger partial charge in [0, 0.05) is 21.7 Å². The van der Waals surface area contributed by atoms with Gasteiger partial charge in [0.05, 0.1) is 0 Å². The van der Waals surface area contributed by atoms with Crippen LogP contribution in [0.2, 0.25) is 0 Å². The van der Waals surface area contributed by atoms with Crippen LogP contribution in [0.4, 0.5) is 0 Å². The number of hydrogen-bond donors (Lipinski definition) is 0. The van der Waals surface area contributed by atoms with Crippen molar-refractivity contribution in [1.82, 2.24) is 0 Å². The van der Waals surface area contributed by atoms with E-state index in [1.807, 2.05) is 30.3 Å². The minimum atomic E-state index is 0. The molecule has 1 radical (unpaired) electrons. The standard InChI is InChI=1S/C28H21P.C5H5.2ClH.Zr/c1-5-13-21(14-6-1)25-26(22-15-7-2-8-16-22)28(24-19-11-4-12-20-24)29-27(25)23-17-9-3-10-18-23;1-2-4-5-3-1;;;/h1-20,29H;1-5H;2*1H;/q;-1;;;+3/p-2. The largest absolute Gasteiger partial charge is 3.00 e. The van der Waals surface area contributed by atoms with Crippen LogP contribution in [0.25, 0.3) is 44.0 Å². The Labute approximate surface area is 253 Å². The van der Waals surface area contributed by atoms with Crippen molar-refractivity contribution >= 4 is 8.19 Å². The molecule has 0 aliphatic heterocycles. The number of halogens is 2. The molecular weight excluding hydrogens is 589 g/mol. The molecular formula is C33H26Cl2PZr. The van der Waals surface area contributed by atoms with Crippen molar-refractivity contribution in [3.05, 3.63) is 152 Å². The van der Waals surface area contributed by atoms with Crippen LogP contribution < -0.4 is 24.8 Å². The van der Waals surface area contributed by atoms with Crippen LogP contribution in [0.5, 0.6) is 0 Å². The maximum atomic E-state index is 2.24. The second-order valence-electron chi connectivity index (χ2n) is 8.05. The SMILES string of the molecule is [Cl-].[Cl-].[Zr+3].c1cc[cH-]c1.c1ccc(-c2[pH]c(-c3ccccc3)c(-c3ccccc3)c2-c2ccccc2)cc1. The molecule has 0 N–H and O–H groups in total. The van der Waals surface area contributed by atoms with Crippen molar-refractivity contribution in [1.29, 1.82) is 0 Å². The third kappa shape index (κ3) is 7.50. The fraction of sp³-hybridized carbons (Fsp3) is 0. The third-order valence-corrected chi connectivity index (χ3v) is 7.38. The van der Waals surface area contributed by atoms with E-state index in [-0.39, 0.29) is 51.0 Å². The fourth-order valence-corrected chi connectivity index (χ4v) is 5.91. The maximum Gasteiger partial charge on any atom is 3.00 e. The molecule has 6 rings (SSSR count). The molecule has 0 spiro atoms. The first-order valence-electron chi connectivity index (χ1n) is 11.6. The van der Waals surface area contributed by atoms with Crippen molar-refractivity contribution < 1.29 is 51.0 Å². The zero-order valence-corrected chi connectivity index (χ0v) is 25.2. The summed E-state index contributed by atoms with van der Waals surface area (Å²) in [4.78, 5) is 0. The first kappa shape index (κ1) is 30.7. The molecule has 0 saturated heterocycles. The Balaban J connectivity index is 0.000000542. The summed E-state index contributed by atoms with van der Waals surface area (Å²) in [7, 11) is 0.617. The molecule has 6 aromatic rings. The summed E-state index contributed by atoms with van der Waals surface area (Å²) in [6.45, 7) is 0. The second kappa shape index (κ2) is 15.7. The molecule has 0 nitrogen and oxygen atoms in total. The summed E-state index contributed by atoms with van der Waals surface area (Å²) in [5.74, 6) is 0. The molecule has 0 unspecified atom stereocenters. The van der Waals surface area contributed by atoms with Crippen molar-refractivity contribution in [3.8, 4) is 44.0 Å². The zero-order chi connectivity index (χ0) is 23.0. The summed E-state index contributed by atoms with van der Waals surface area (Å²) in [5.41, 5.74) is 7.90. The molecule has 0 bridgehead atoms. The average Bonchev–Trinajstić information content (AvgIpc) is 3.63. The molecule has 0 atom stereocenters. The predicted molar refractivity (Wildman–Crippen MR) is 150 cm³/mol. The van der Waals surface area contributed by atoms with E-state index in [9.17, 15) is 0 Å². The minimum Gasteiger partial charge on any atom is -1.00 e. The van der Waals surface area contributed by atoms with Gasteiger partial charge in [-0.25, -0.2) is 12.1 Å². The van der Waals surface area contributed by atoms with Gasteiger partial charge in [0.15, 0.2) is 0 Å². The Morgan fingerprint density at radius 2 is 0.676 bits per heavy atom. The van der Waals surface area contributed by atoms with Gasteiger partial charge in [0.2, 0.25) is 0 Å². The summed E-state index contributed by atoms with van der Waals surface area (Å²) in [6.07, 6.45) is 0. The molecule has 0 aliphatic carbocycles. The molecule has 181 valence electrons. The monoisotopic (exact) mass is 613 g/mol. The molecule has 0 saturated carbocycles. The van der Waals surface area contributed by atoms with E-state index in [2.05, 4.69) is 121 Å². The normalized spacial score (nSPS) is 9.51. The van der Waals surface area contributed by atoms with Gasteiger partial charge < -0.3 is 24.8 Å². The van der Waals surface area contributed by atoms with Gasteiger partial charge >= 0.3 is 26.2 Å². The van der Waals surface area contributed by atoms with E-state index < -0.39 is 0 Å². The van der Waals surface area contributed by atoms with Crippen LogP contribution in [0.15, 0.2) is 152 Å². The van der Waals surface area contributed by atoms with E-state index in [4.69, 9.17) is 0 Å². The van der Waals surface area contributed by atoms with Gasteiger partial charge in [-0.1, -0.05) is 121 Å². The van der Waals surface area contributed by atoms with Crippen molar-refractivity contribution in [2.75, 3.05) is 0 Å². The smallest absolute Gasteiger partial charge is 1.00 e. The number of benzene rings is 4. The molecule has 0 amide bonds. The van der Waals surface area contributed by atoms with Gasteiger partial charge in [0.1, 0.15) is 0 Å². The quantitative estimate of drug-likeness (QED) is 0.265. The van der Waals surface area contributed by atoms with Crippen molar-refractivity contribution in [2.45, 2.75) is 0 Å². The van der Waals surface area contributed by atoms with Gasteiger partial charge in [-0.15, -0.1) is 8.19 Å². The zero-order valence-electron chi connectivity index (χ0n) is 20.2. The molecule has 37 heavy (non-hydrogen) atoms. The van der Waals surface area contributed by atoms with Gasteiger partial charge in [-0.05, 0) is 22.3 Å². The molecule has 1 aromatic heterocycles.